The Kier molecular flexibility index (Phi) is 3.26. The maximum atomic E-state index is 12.8. The van der Waals surface area contributed by atoms with E-state index in [-0.39, 0.29) is 28.8 Å². The van der Waals surface area contributed by atoms with Crippen molar-refractivity contribution in [1.29, 1.82) is 0 Å². The number of halogens is 1. The molecule has 2 aromatic rings. The van der Waals surface area contributed by atoms with Crippen LogP contribution in [0.4, 0.5) is 5.69 Å². The molecule has 1 aliphatic rings. The van der Waals surface area contributed by atoms with Crippen LogP contribution in [0.2, 0.25) is 5.02 Å². The van der Waals surface area contributed by atoms with Crippen LogP contribution < -0.4 is 4.31 Å². The molecule has 1 aromatic carbocycles. The number of benzene rings is 1. The van der Waals surface area contributed by atoms with E-state index in [4.69, 9.17) is 11.6 Å². The SMILES string of the molecule is Cn1ncc(Cl)c1S(=O)(=O)N1CCC(=O)c2ccccc21. The standard InChI is InChI=1S/C13H12ClN3O3S/c1-16-13(10(14)8-15-16)21(19,20)17-7-6-12(18)9-4-2-3-5-11(9)17/h2-5,8H,6-7H2,1H3. The van der Waals surface area contributed by atoms with Crippen LogP contribution in [0.3, 0.4) is 0 Å². The first kappa shape index (κ1) is 14.1. The van der Waals surface area contributed by atoms with Crippen LogP contribution in [-0.4, -0.2) is 30.5 Å². The highest BCUT2D eigenvalue weighted by molar-refractivity contribution is 7.92. The van der Waals surface area contributed by atoms with E-state index in [0.29, 0.717) is 11.3 Å². The van der Waals surface area contributed by atoms with Gasteiger partial charge >= 0.3 is 0 Å². The van der Waals surface area contributed by atoms with Crippen LogP contribution in [0, 0.1) is 0 Å². The van der Waals surface area contributed by atoms with Crippen molar-refractivity contribution in [3.05, 3.63) is 41.0 Å². The van der Waals surface area contributed by atoms with Crippen LogP contribution in [0.5, 0.6) is 0 Å². The molecule has 3 rings (SSSR count). The summed E-state index contributed by atoms with van der Waals surface area (Å²) in [6.45, 7) is 0.0969. The average Bonchev–Trinajstić information content (AvgIpc) is 2.79. The monoisotopic (exact) mass is 325 g/mol. The van der Waals surface area contributed by atoms with Gasteiger partial charge in [0.25, 0.3) is 10.0 Å². The topological polar surface area (TPSA) is 72.3 Å². The Morgan fingerprint density at radius 1 is 1.29 bits per heavy atom. The Balaban J connectivity index is 2.18. The molecule has 110 valence electrons. The van der Waals surface area contributed by atoms with Gasteiger partial charge in [0.05, 0.1) is 16.9 Å². The highest BCUT2D eigenvalue weighted by Crippen LogP contribution is 2.33. The molecule has 0 aliphatic carbocycles. The lowest BCUT2D eigenvalue weighted by molar-refractivity contribution is 0.0982. The summed E-state index contributed by atoms with van der Waals surface area (Å²) in [5.41, 5.74) is 0.789. The second kappa shape index (κ2) is 4.85. The minimum absolute atomic E-state index is 0.0619. The zero-order valence-corrected chi connectivity index (χ0v) is 12.7. The van der Waals surface area contributed by atoms with Gasteiger partial charge < -0.3 is 0 Å². The molecule has 0 saturated heterocycles. The number of aryl methyl sites for hydroxylation is 1. The summed E-state index contributed by atoms with van der Waals surface area (Å²) in [6.07, 6.45) is 1.43. The molecule has 0 N–H and O–H groups in total. The number of rotatable bonds is 2. The molecule has 2 heterocycles. The van der Waals surface area contributed by atoms with E-state index < -0.39 is 10.0 Å². The number of ketones is 1. The molecule has 6 nitrogen and oxygen atoms in total. The quantitative estimate of drug-likeness (QED) is 0.844. The number of para-hydroxylation sites is 1. The van der Waals surface area contributed by atoms with Crippen LogP contribution in [-0.2, 0) is 17.1 Å². The Morgan fingerprint density at radius 3 is 2.67 bits per heavy atom. The summed E-state index contributed by atoms with van der Waals surface area (Å²) in [7, 11) is -2.35. The van der Waals surface area contributed by atoms with Crippen molar-refractivity contribution >= 4 is 33.1 Å². The van der Waals surface area contributed by atoms with Gasteiger partial charge in [0.1, 0.15) is 0 Å². The summed E-state index contributed by atoms with van der Waals surface area (Å²) < 4.78 is 28.1. The number of anilines is 1. The van der Waals surface area contributed by atoms with Crippen molar-refractivity contribution in [3.63, 3.8) is 0 Å². The van der Waals surface area contributed by atoms with Gasteiger partial charge in [0, 0.05) is 25.6 Å². The third-order valence-corrected chi connectivity index (χ3v) is 5.71. The molecule has 0 unspecified atom stereocenters. The lowest BCUT2D eigenvalue weighted by Gasteiger charge is -2.29. The molecule has 0 bridgehead atoms. The van der Waals surface area contributed by atoms with Gasteiger partial charge in [-0.25, -0.2) is 0 Å². The van der Waals surface area contributed by atoms with Crippen molar-refractivity contribution in [2.24, 2.45) is 7.05 Å². The van der Waals surface area contributed by atoms with Gasteiger partial charge in [-0.1, -0.05) is 23.7 Å². The lowest BCUT2D eigenvalue weighted by Crippen LogP contribution is -2.38. The molecule has 0 fully saturated rings. The minimum atomic E-state index is -3.87. The second-order valence-electron chi connectivity index (χ2n) is 4.69. The number of nitrogens with zero attached hydrogens (tertiary/aromatic N) is 3. The summed E-state index contributed by atoms with van der Waals surface area (Å²) in [5.74, 6) is -0.0619. The second-order valence-corrected chi connectivity index (χ2v) is 6.87. The van der Waals surface area contributed by atoms with Crippen LogP contribution in [0.25, 0.3) is 0 Å². The Bertz CT molecular complexity index is 809. The van der Waals surface area contributed by atoms with E-state index in [2.05, 4.69) is 5.10 Å². The van der Waals surface area contributed by atoms with E-state index in [9.17, 15) is 13.2 Å². The molecule has 0 atom stereocenters. The fraction of sp³-hybridized carbons (Fsp3) is 0.231. The van der Waals surface area contributed by atoms with Crippen LogP contribution >= 0.6 is 11.6 Å². The largest absolute Gasteiger partial charge is 0.294 e. The smallest absolute Gasteiger partial charge is 0.283 e. The summed E-state index contributed by atoms with van der Waals surface area (Å²) in [6, 6.07) is 6.66. The normalized spacial score (nSPS) is 15.1. The summed E-state index contributed by atoms with van der Waals surface area (Å²) >= 11 is 5.95. The number of sulfonamides is 1. The van der Waals surface area contributed by atoms with Crippen molar-refractivity contribution in [2.75, 3.05) is 10.8 Å². The molecule has 0 amide bonds. The van der Waals surface area contributed by atoms with E-state index in [0.717, 1.165) is 0 Å². The number of carbonyl (C=O) groups excluding carboxylic acids is 1. The maximum absolute atomic E-state index is 12.8. The fourth-order valence-electron chi connectivity index (χ4n) is 2.43. The lowest BCUT2D eigenvalue weighted by atomic mass is 10.0. The molecular formula is C13H12ClN3O3S. The van der Waals surface area contributed by atoms with Gasteiger partial charge in [-0.05, 0) is 12.1 Å². The maximum Gasteiger partial charge on any atom is 0.283 e. The number of Topliss-reactive ketones (excluding diaryl/α,β-unsaturated/α-hetero) is 1. The van der Waals surface area contributed by atoms with Gasteiger partial charge in [-0.15, -0.1) is 0 Å². The van der Waals surface area contributed by atoms with Gasteiger partial charge in [-0.3, -0.25) is 13.8 Å². The van der Waals surface area contributed by atoms with Gasteiger partial charge in [0.15, 0.2) is 10.8 Å². The highest BCUT2D eigenvalue weighted by Gasteiger charge is 2.35. The molecular weight excluding hydrogens is 314 g/mol. The fourth-order valence-corrected chi connectivity index (χ4v) is 4.53. The third kappa shape index (κ3) is 2.13. The number of fused-ring (bicyclic) bond motifs is 1. The van der Waals surface area contributed by atoms with Crippen molar-refractivity contribution in [3.8, 4) is 0 Å². The first-order valence-electron chi connectivity index (χ1n) is 6.25. The first-order chi connectivity index (χ1) is 9.93. The first-order valence-corrected chi connectivity index (χ1v) is 8.07. The van der Waals surface area contributed by atoms with E-state index in [1.54, 1.807) is 24.3 Å². The third-order valence-electron chi connectivity index (χ3n) is 3.39. The average molecular weight is 326 g/mol. The molecule has 21 heavy (non-hydrogen) atoms. The number of aromatic nitrogens is 2. The van der Waals surface area contributed by atoms with E-state index in [1.807, 2.05) is 0 Å². The Labute approximate surface area is 127 Å². The molecule has 0 saturated carbocycles. The molecule has 0 spiro atoms. The molecule has 8 heteroatoms. The van der Waals surface area contributed by atoms with Crippen molar-refractivity contribution in [2.45, 2.75) is 11.4 Å². The number of hydrogen-bond acceptors (Lipinski definition) is 4. The Morgan fingerprint density at radius 2 is 2.00 bits per heavy atom. The highest BCUT2D eigenvalue weighted by atomic mass is 35.5. The van der Waals surface area contributed by atoms with Crippen molar-refractivity contribution in [1.82, 2.24) is 9.78 Å². The zero-order chi connectivity index (χ0) is 15.2. The van der Waals surface area contributed by atoms with Crippen LogP contribution in [0.1, 0.15) is 16.8 Å². The molecule has 0 radical (unpaired) electrons. The predicted octanol–water partition coefficient (Wildman–Crippen LogP) is 1.86. The Hall–Kier alpha value is -1.86. The van der Waals surface area contributed by atoms with Gasteiger partial charge in [-0.2, -0.15) is 13.5 Å². The van der Waals surface area contributed by atoms with Crippen molar-refractivity contribution < 1.29 is 13.2 Å². The number of carbonyl (C=O) groups is 1. The van der Waals surface area contributed by atoms with Gasteiger partial charge in [0.2, 0.25) is 0 Å². The molecule has 1 aromatic heterocycles. The molecule has 1 aliphatic heterocycles. The summed E-state index contributed by atoms with van der Waals surface area (Å²) in [5, 5.41) is 3.85. The predicted molar refractivity (Wildman–Crippen MR) is 78.1 cm³/mol. The summed E-state index contributed by atoms with van der Waals surface area (Å²) in [4.78, 5) is 11.9. The number of hydrogen-bond donors (Lipinski definition) is 0. The van der Waals surface area contributed by atoms with Crippen LogP contribution in [0.15, 0.2) is 35.5 Å². The minimum Gasteiger partial charge on any atom is -0.294 e. The van der Waals surface area contributed by atoms with E-state index in [1.165, 1.54) is 22.2 Å². The van der Waals surface area contributed by atoms with E-state index >= 15 is 0 Å². The zero-order valence-electron chi connectivity index (χ0n) is 11.2.